The fourth-order valence-electron chi connectivity index (χ4n) is 2.02. The van der Waals surface area contributed by atoms with Crippen LogP contribution in [0.1, 0.15) is 19.3 Å². The summed E-state index contributed by atoms with van der Waals surface area (Å²) in [6, 6.07) is 3.76. The molecule has 0 saturated carbocycles. The van der Waals surface area contributed by atoms with Gasteiger partial charge >= 0.3 is 0 Å². The molecular formula is C13H18N4OS. The predicted molar refractivity (Wildman–Crippen MR) is 78.9 cm³/mol. The Morgan fingerprint density at radius 3 is 3.11 bits per heavy atom. The van der Waals surface area contributed by atoms with Gasteiger partial charge in [0.05, 0.1) is 11.9 Å². The summed E-state index contributed by atoms with van der Waals surface area (Å²) in [5, 5.41) is 6.76. The Kier molecular flexibility index (Phi) is 5.09. The van der Waals surface area contributed by atoms with E-state index in [1.807, 2.05) is 17.0 Å². The minimum absolute atomic E-state index is 0.274. The minimum atomic E-state index is 0.274. The highest BCUT2D eigenvalue weighted by atomic mass is 32.1. The maximum absolute atomic E-state index is 11.4. The van der Waals surface area contributed by atoms with E-state index in [1.54, 1.807) is 12.4 Å². The van der Waals surface area contributed by atoms with Crippen LogP contribution in [0.3, 0.4) is 0 Å². The zero-order valence-corrected chi connectivity index (χ0v) is 11.6. The molecule has 1 saturated heterocycles. The molecule has 1 amide bonds. The van der Waals surface area contributed by atoms with E-state index in [-0.39, 0.29) is 5.91 Å². The fourth-order valence-corrected chi connectivity index (χ4v) is 2.24. The summed E-state index contributed by atoms with van der Waals surface area (Å²) in [6.45, 7) is 2.47. The molecule has 19 heavy (non-hydrogen) atoms. The Labute approximate surface area is 118 Å². The Bertz CT molecular complexity index is 438. The van der Waals surface area contributed by atoms with E-state index < -0.39 is 0 Å². The summed E-state index contributed by atoms with van der Waals surface area (Å²) < 4.78 is 0. The second kappa shape index (κ2) is 7.04. The molecule has 2 N–H and O–H groups in total. The maximum Gasteiger partial charge on any atom is 0.222 e. The van der Waals surface area contributed by atoms with Crippen LogP contribution >= 0.6 is 12.2 Å². The van der Waals surface area contributed by atoms with E-state index in [0.717, 1.165) is 38.2 Å². The van der Waals surface area contributed by atoms with Gasteiger partial charge in [0, 0.05) is 32.3 Å². The monoisotopic (exact) mass is 278 g/mol. The number of hydrogen-bond acceptors (Lipinski definition) is 3. The normalized spacial score (nSPS) is 14.5. The molecule has 0 aromatic carbocycles. The first kappa shape index (κ1) is 13.7. The Balaban J connectivity index is 1.60. The SMILES string of the molecule is O=C1CCCN1CCCNC(=S)Nc1cccnc1. The third-order valence-corrected chi connectivity index (χ3v) is 3.23. The number of carbonyl (C=O) groups is 1. The van der Waals surface area contributed by atoms with E-state index >= 15 is 0 Å². The molecule has 1 aliphatic heterocycles. The summed E-state index contributed by atoms with van der Waals surface area (Å²) >= 11 is 5.18. The largest absolute Gasteiger partial charge is 0.362 e. The van der Waals surface area contributed by atoms with Gasteiger partial charge in [-0.25, -0.2) is 0 Å². The van der Waals surface area contributed by atoms with Gasteiger partial charge in [0.1, 0.15) is 0 Å². The number of aromatic nitrogens is 1. The van der Waals surface area contributed by atoms with Gasteiger partial charge in [0.15, 0.2) is 5.11 Å². The number of nitrogens with zero attached hydrogens (tertiary/aromatic N) is 2. The average molecular weight is 278 g/mol. The molecule has 2 heterocycles. The zero-order valence-electron chi connectivity index (χ0n) is 10.8. The summed E-state index contributed by atoms with van der Waals surface area (Å²) in [7, 11) is 0. The van der Waals surface area contributed by atoms with Crippen LogP contribution in [-0.4, -0.2) is 40.5 Å². The van der Waals surface area contributed by atoms with Gasteiger partial charge in [0.2, 0.25) is 5.91 Å². The van der Waals surface area contributed by atoms with Crippen LogP contribution in [0.15, 0.2) is 24.5 Å². The van der Waals surface area contributed by atoms with E-state index in [4.69, 9.17) is 12.2 Å². The summed E-state index contributed by atoms with van der Waals surface area (Å²) in [5.41, 5.74) is 0.870. The molecule has 0 atom stereocenters. The summed E-state index contributed by atoms with van der Waals surface area (Å²) in [4.78, 5) is 17.3. The number of amides is 1. The van der Waals surface area contributed by atoms with Crippen molar-refractivity contribution in [1.82, 2.24) is 15.2 Å². The molecule has 1 aliphatic rings. The topological polar surface area (TPSA) is 57.3 Å². The Hall–Kier alpha value is -1.69. The van der Waals surface area contributed by atoms with Crippen molar-refractivity contribution in [3.8, 4) is 0 Å². The van der Waals surface area contributed by atoms with Crippen LogP contribution in [0.2, 0.25) is 0 Å². The van der Waals surface area contributed by atoms with Crippen molar-refractivity contribution in [3.63, 3.8) is 0 Å². The molecule has 1 aromatic heterocycles. The van der Waals surface area contributed by atoms with E-state index in [9.17, 15) is 4.79 Å². The number of thiocarbonyl (C=S) groups is 1. The summed E-state index contributed by atoms with van der Waals surface area (Å²) in [5.74, 6) is 0.274. The van der Waals surface area contributed by atoms with Crippen molar-refractivity contribution in [3.05, 3.63) is 24.5 Å². The fraction of sp³-hybridized carbons (Fsp3) is 0.462. The lowest BCUT2D eigenvalue weighted by molar-refractivity contribution is -0.127. The molecule has 102 valence electrons. The zero-order chi connectivity index (χ0) is 13.5. The van der Waals surface area contributed by atoms with Gasteiger partial charge in [0.25, 0.3) is 0 Å². The molecule has 0 spiro atoms. The van der Waals surface area contributed by atoms with Crippen molar-refractivity contribution in [1.29, 1.82) is 0 Å². The molecule has 0 aliphatic carbocycles. The number of anilines is 1. The minimum Gasteiger partial charge on any atom is -0.362 e. The second-order valence-corrected chi connectivity index (χ2v) is 4.87. The second-order valence-electron chi connectivity index (χ2n) is 4.46. The van der Waals surface area contributed by atoms with Gasteiger partial charge in [-0.2, -0.15) is 0 Å². The number of pyridine rings is 1. The van der Waals surface area contributed by atoms with Crippen LogP contribution in [0.25, 0.3) is 0 Å². The first-order chi connectivity index (χ1) is 9.25. The lowest BCUT2D eigenvalue weighted by atomic mass is 10.4. The number of hydrogen-bond donors (Lipinski definition) is 2. The molecule has 1 fully saturated rings. The maximum atomic E-state index is 11.4. The van der Waals surface area contributed by atoms with E-state index in [2.05, 4.69) is 15.6 Å². The van der Waals surface area contributed by atoms with Crippen molar-refractivity contribution >= 4 is 28.9 Å². The van der Waals surface area contributed by atoms with Gasteiger partial charge in [-0.1, -0.05) is 0 Å². The standard InChI is InChI=1S/C13H18N4OS/c18-12-5-2-8-17(12)9-3-7-15-13(19)16-11-4-1-6-14-10-11/h1,4,6,10H,2-3,5,7-9H2,(H2,15,16,19). The third kappa shape index (κ3) is 4.48. The number of carbonyl (C=O) groups excluding carboxylic acids is 1. The van der Waals surface area contributed by atoms with E-state index in [1.165, 1.54) is 0 Å². The van der Waals surface area contributed by atoms with Crippen molar-refractivity contribution < 1.29 is 4.79 Å². The lowest BCUT2D eigenvalue weighted by Crippen LogP contribution is -2.32. The van der Waals surface area contributed by atoms with Crippen LogP contribution in [0.4, 0.5) is 5.69 Å². The van der Waals surface area contributed by atoms with Crippen LogP contribution in [0.5, 0.6) is 0 Å². The third-order valence-electron chi connectivity index (χ3n) is 2.98. The predicted octanol–water partition coefficient (Wildman–Crippen LogP) is 1.38. The molecule has 0 bridgehead atoms. The quantitative estimate of drug-likeness (QED) is 0.629. The molecule has 2 rings (SSSR count). The lowest BCUT2D eigenvalue weighted by Gasteiger charge is -2.16. The van der Waals surface area contributed by atoms with Gasteiger partial charge in [-0.05, 0) is 37.2 Å². The molecule has 5 nitrogen and oxygen atoms in total. The first-order valence-corrected chi connectivity index (χ1v) is 6.89. The van der Waals surface area contributed by atoms with Gasteiger partial charge in [-0.15, -0.1) is 0 Å². The molecule has 1 aromatic rings. The van der Waals surface area contributed by atoms with Crippen LogP contribution < -0.4 is 10.6 Å². The van der Waals surface area contributed by atoms with Gasteiger partial charge in [-0.3, -0.25) is 9.78 Å². The molecule has 0 radical (unpaired) electrons. The van der Waals surface area contributed by atoms with Crippen LogP contribution in [0, 0.1) is 0 Å². The Morgan fingerprint density at radius 1 is 1.53 bits per heavy atom. The van der Waals surface area contributed by atoms with Crippen LogP contribution in [-0.2, 0) is 4.79 Å². The van der Waals surface area contributed by atoms with Crippen molar-refractivity contribution in [2.45, 2.75) is 19.3 Å². The van der Waals surface area contributed by atoms with Gasteiger partial charge < -0.3 is 15.5 Å². The number of likely N-dealkylation sites (tertiary alicyclic amines) is 1. The summed E-state index contributed by atoms with van der Waals surface area (Å²) in [6.07, 6.45) is 6.04. The van der Waals surface area contributed by atoms with Crippen molar-refractivity contribution in [2.75, 3.05) is 25.0 Å². The number of nitrogens with one attached hydrogen (secondary N) is 2. The Morgan fingerprint density at radius 2 is 2.42 bits per heavy atom. The van der Waals surface area contributed by atoms with Crippen molar-refractivity contribution in [2.24, 2.45) is 0 Å². The highest BCUT2D eigenvalue weighted by Gasteiger charge is 2.18. The highest BCUT2D eigenvalue weighted by molar-refractivity contribution is 7.80. The first-order valence-electron chi connectivity index (χ1n) is 6.48. The van der Waals surface area contributed by atoms with E-state index in [0.29, 0.717) is 11.5 Å². The smallest absolute Gasteiger partial charge is 0.222 e. The highest BCUT2D eigenvalue weighted by Crippen LogP contribution is 2.09. The average Bonchev–Trinajstić information content (AvgIpc) is 2.81. The molecule has 0 unspecified atom stereocenters. The molecule has 6 heteroatoms. The number of rotatable bonds is 5. The molecular weight excluding hydrogens is 260 g/mol.